The van der Waals surface area contributed by atoms with Crippen LogP contribution in [0.4, 0.5) is 0 Å². The minimum atomic E-state index is -3.83. The van der Waals surface area contributed by atoms with Crippen LogP contribution in [0.5, 0.6) is 5.75 Å². The van der Waals surface area contributed by atoms with Crippen LogP contribution in [0.15, 0.2) is 23.1 Å². The summed E-state index contributed by atoms with van der Waals surface area (Å²) in [4.78, 5) is 25.8. The minimum absolute atomic E-state index is 0.0109. The van der Waals surface area contributed by atoms with E-state index in [2.05, 4.69) is 5.32 Å². The quantitative estimate of drug-likeness (QED) is 0.749. The third kappa shape index (κ3) is 4.47. The van der Waals surface area contributed by atoms with Crippen molar-refractivity contribution in [1.29, 1.82) is 0 Å². The van der Waals surface area contributed by atoms with Gasteiger partial charge in [-0.15, -0.1) is 0 Å². The average Bonchev–Trinajstić information content (AvgIpc) is 3.22. The van der Waals surface area contributed by atoms with E-state index < -0.39 is 10.0 Å². The monoisotopic (exact) mass is 409 g/mol. The number of phenols is 1. The Balaban J connectivity index is 1.54. The summed E-state index contributed by atoms with van der Waals surface area (Å²) in [6, 6.07) is 4.46. The van der Waals surface area contributed by atoms with E-state index in [1.54, 1.807) is 17.9 Å². The zero-order chi connectivity index (χ0) is 20.3. The maximum absolute atomic E-state index is 12.8. The summed E-state index contributed by atoms with van der Waals surface area (Å²) in [5, 5.41) is 12.7. The summed E-state index contributed by atoms with van der Waals surface area (Å²) in [5.41, 5.74) is 0.739. The lowest BCUT2D eigenvalue weighted by atomic mass is 10.1. The highest BCUT2D eigenvalue weighted by Crippen LogP contribution is 2.27. The minimum Gasteiger partial charge on any atom is -0.507 e. The highest BCUT2D eigenvalue weighted by molar-refractivity contribution is 7.89. The molecule has 1 aliphatic heterocycles. The second kappa shape index (κ2) is 8.48. The number of benzene rings is 1. The third-order valence-corrected chi connectivity index (χ3v) is 7.39. The van der Waals surface area contributed by atoms with E-state index in [9.17, 15) is 23.1 Å². The van der Waals surface area contributed by atoms with E-state index in [-0.39, 0.29) is 61.1 Å². The van der Waals surface area contributed by atoms with E-state index in [1.165, 1.54) is 16.4 Å². The Morgan fingerprint density at radius 2 is 1.79 bits per heavy atom. The standard InChI is InChI=1S/C19H27N3O5S/c1-14-6-7-16(23)17(12-14)28(26,27)22-10-8-21(9-11-22)18(24)13-20-19(25)15-4-2-3-5-15/h6-7,12,15,23H,2-5,8-11,13H2,1H3,(H,20,25). The Bertz CT molecular complexity index is 841. The van der Waals surface area contributed by atoms with Crippen molar-refractivity contribution in [2.45, 2.75) is 37.5 Å². The van der Waals surface area contributed by atoms with Gasteiger partial charge < -0.3 is 15.3 Å². The Hall–Kier alpha value is -2.13. The number of aryl methyl sites for hydroxylation is 1. The van der Waals surface area contributed by atoms with Gasteiger partial charge in [0.2, 0.25) is 21.8 Å². The molecule has 154 valence electrons. The first-order valence-corrected chi connectivity index (χ1v) is 11.1. The number of carbonyl (C=O) groups excluding carboxylic acids is 2. The molecule has 0 spiro atoms. The summed E-state index contributed by atoms with van der Waals surface area (Å²) >= 11 is 0. The highest BCUT2D eigenvalue weighted by Gasteiger charge is 2.32. The van der Waals surface area contributed by atoms with Crippen molar-refractivity contribution in [2.24, 2.45) is 5.92 Å². The largest absolute Gasteiger partial charge is 0.507 e. The number of phenolic OH excluding ortho intramolecular Hbond substituents is 1. The molecular weight excluding hydrogens is 382 g/mol. The van der Waals surface area contributed by atoms with Crippen LogP contribution >= 0.6 is 0 Å². The molecule has 1 saturated heterocycles. The number of carbonyl (C=O) groups is 2. The number of rotatable bonds is 5. The number of piperazine rings is 1. The van der Waals surface area contributed by atoms with Crippen molar-refractivity contribution >= 4 is 21.8 Å². The van der Waals surface area contributed by atoms with E-state index in [4.69, 9.17) is 0 Å². The molecule has 0 bridgehead atoms. The first kappa shape index (κ1) is 20.6. The van der Waals surface area contributed by atoms with Crippen molar-refractivity contribution < 1.29 is 23.1 Å². The van der Waals surface area contributed by atoms with E-state index in [0.29, 0.717) is 0 Å². The lowest BCUT2D eigenvalue weighted by Gasteiger charge is -2.34. The van der Waals surface area contributed by atoms with Crippen LogP contribution in [-0.4, -0.2) is 67.3 Å². The maximum atomic E-state index is 12.8. The summed E-state index contributed by atoms with van der Waals surface area (Å²) in [6.07, 6.45) is 3.86. The van der Waals surface area contributed by atoms with Crippen molar-refractivity contribution in [3.63, 3.8) is 0 Å². The Morgan fingerprint density at radius 3 is 2.43 bits per heavy atom. The van der Waals surface area contributed by atoms with Gasteiger partial charge in [-0.1, -0.05) is 18.9 Å². The molecule has 3 rings (SSSR count). The van der Waals surface area contributed by atoms with Gasteiger partial charge >= 0.3 is 0 Å². The molecule has 1 saturated carbocycles. The van der Waals surface area contributed by atoms with Gasteiger partial charge in [-0.25, -0.2) is 8.42 Å². The SMILES string of the molecule is Cc1ccc(O)c(S(=O)(=O)N2CCN(C(=O)CNC(=O)C3CCCC3)CC2)c1. The fraction of sp³-hybridized carbons (Fsp3) is 0.579. The number of amides is 2. The van der Waals surface area contributed by atoms with Crippen LogP contribution in [0.25, 0.3) is 0 Å². The number of nitrogens with zero attached hydrogens (tertiary/aromatic N) is 2. The molecular formula is C19H27N3O5S. The van der Waals surface area contributed by atoms with E-state index in [0.717, 1.165) is 31.2 Å². The summed E-state index contributed by atoms with van der Waals surface area (Å²) in [5.74, 6) is -0.542. The Labute approximate surface area is 165 Å². The fourth-order valence-electron chi connectivity index (χ4n) is 3.75. The zero-order valence-corrected chi connectivity index (χ0v) is 16.9. The van der Waals surface area contributed by atoms with Crippen molar-refractivity contribution in [3.05, 3.63) is 23.8 Å². The summed E-state index contributed by atoms with van der Waals surface area (Å²) in [6.45, 7) is 2.51. The van der Waals surface area contributed by atoms with Crippen LogP contribution in [0, 0.1) is 12.8 Å². The molecule has 1 heterocycles. The van der Waals surface area contributed by atoms with Gasteiger partial charge in [0.1, 0.15) is 10.6 Å². The first-order chi connectivity index (χ1) is 13.3. The zero-order valence-electron chi connectivity index (χ0n) is 16.1. The predicted molar refractivity (Wildman–Crippen MR) is 103 cm³/mol. The number of nitrogens with one attached hydrogen (secondary N) is 1. The van der Waals surface area contributed by atoms with E-state index in [1.807, 2.05) is 0 Å². The second-order valence-corrected chi connectivity index (χ2v) is 9.36. The molecule has 2 aliphatic rings. The van der Waals surface area contributed by atoms with Crippen LogP contribution < -0.4 is 5.32 Å². The number of hydrogen-bond donors (Lipinski definition) is 2. The second-order valence-electron chi connectivity index (χ2n) is 7.46. The molecule has 1 aromatic rings. The van der Waals surface area contributed by atoms with Gasteiger partial charge in [-0.05, 0) is 37.5 Å². The topological polar surface area (TPSA) is 107 Å². The molecule has 2 fully saturated rings. The van der Waals surface area contributed by atoms with Crippen molar-refractivity contribution in [3.8, 4) is 5.75 Å². The molecule has 8 nitrogen and oxygen atoms in total. The van der Waals surface area contributed by atoms with Gasteiger partial charge in [0.05, 0.1) is 6.54 Å². The van der Waals surface area contributed by atoms with Crippen molar-refractivity contribution in [2.75, 3.05) is 32.7 Å². The van der Waals surface area contributed by atoms with Crippen LogP contribution in [0.1, 0.15) is 31.2 Å². The van der Waals surface area contributed by atoms with Gasteiger partial charge in [-0.2, -0.15) is 4.31 Å². The Morgan fingerprint density at radius 1 is 1.14 bits per heavy atom. The van der Waals surface area contributed by atoms with Gasteiger partial charge in [0, 0.05) is 32.1 Å². The molecule has 0 unspecified atom stereocenters. The molecule has 1 aliphatic carbocycles. The lowest BCUT2D eigenvalue weighted by Crippen LogP contribution is -2.52. The molecule has 0 atom stereocenters. The summed E-state index contributed by atoms with van der Waals surface area (Å²) in [7, 11) is -3.83. The molecule has 0 aromatic heterocycles. The molecule has 2 N–H and O–H groups in total. The fourth-order valence-corrected chi connectivity index (χ4v) is 5.34. The predicted octanol–water partition coefficient (Wildman–Crippen LogP) is 0.840. The molecule has 2 amide bonds. The van der Waals surface area contributed by atoms with Crippen LogP contribution in [-0.2, 0) is 19.6 Å². The maximum Gasteiger partial charge on any atom is 0.246 e. The van der Waals surface area contributed by atoms with Gasteiger partial charge in [-0.3, -0.25) is 9.59 Å². The van der Waals surface area contributed by atoms with Gasteiger partial charge in [0.15, 0.2) is 0 Å². The Kier molecular flexibility index (Phi) is 6.24. The third-order valence-electron chi connectivity index (χ3n) is 5.46. The smallest absolute Gasteiger partial charge is 0.246 e. The number of sulfonamides is 1. The molecule has 1 aromatic carbocycles. The normalized spacial score (nSPS) is 19.0. The van der Waals surface area contributed by atoms with Gasteiger partial charge in [0.25, 0.3) is 0 Å². The van der Waals surface area contributed by atoms with Crippen LogP contribution in [0.2, 0.25) is 0 Å². The summed E-state index contributed by atoms with van der Waals surface area (Å²) < 4.78 is 26.9. The number of aromatic hydroxyl groups is 1. The molecule has 28 heavy (non-hydrogen) atoms. The molecule has 0 radical (unpaired) electrons. The average molecular weight is 410 g/mol. The highest BCUT2D eigenvalue weighted by atomic mass is 32.2. The first-order valence-electron chi connectivity index (χ1n) is 9.64. The van der Waals surface area contributed by atoms with E-state index >= 15 is 0 Å². The number of hydrogen-bond acceptors (Lipinski definition) is 5. The van der Waals surface area contributed by atoms with Crippen LogP contribution in [0.3, 0.4) is 0 Å². The lowest BCUT2D eigenvalue weighted by molar-refractivity contribution is -0.134. The van der Waals surface area contributed by atoms with Crippen molar-refractivity contribution in [1.82, 2.24) is 14.5 Å². The molecule has 9 heteroatoms.